The van der Waals surface area contributed by atoms with Gasteiger partial charge in [-0.3, -0.25) is 0 Å². The molecule has 0 fully saturated rings. The number of rotatable bonds is 0. The van der Waals surface area contributed by atoms with Crippen LogP contribution in [0.2, 0.25) is 0 Å². The van der Waals surface area contributed by atoms with Crippen LogP contribution in [0, 0.1) is 0 Å². The van der Waals surface area contributed by atoms with Crippen molar-refractivity contribution in [2.45, 2.75) is 0 Å². The summed E-state index contributed by atoms with van der Waals surface area (Å²) < 4.78 is 8.88. The molecule has 0 saturated carbocycles. The summed E-state index contributed by atoms with van der Waals surface area (Å²) in [4.78, 5) is 21.6. The van der Waals surface area contributed by atoms with E-state index < -0.39 is 7.82 Å². The molecule has 0 bridgehead atoms. The number of hydrogen-bond donors (Lipinski definition) is 3. The van der Waals surface area contributed by atoms with Gasteiger partial charge in [-0.05, 0) is 0 Å². The Labute approximate surface area is 99.4 Å². The van der Waals surface area contributed by atoms with E-state index in [2.05, 4.69) is 19.6 Å². The molecule has 0 aromatic heterocycles. The van der Waals surface area contributed by atoms with Crippen LogP contribution in [-0.4, -0.2) is 14.7 Å². The van der Waals surface area contributed by atoms with Crippen molar-refractivity contribution in [2.24, 2.45) is 0 Å². The Hall–Kier alpha value is 2.49. The van der Waals surface area contributed by atoms with E-state index in [0.29, 0.717) is 0 Å². The van der Waals surface area contributed by atoms with Crippen molar-refractivity contribution in [1.29, 1.82) is 0 Å². The molecule has 0 spiro atoms. The third kappa shape index (κ3) is 153. The van der Waals surface area contributed by atoms with Crippen LogP contribution >= 0.6 is 27.5 Å². The molecular formula is H3MoO4PS2Zn2. The first-order valence-electron chi connectivity index (χ1n) is 1.12. The zero-order valence-corrected chi connectivity index (χ0v) is 15.3. The van der Waals surface area contributed by atoms with Crippen molar-refractivity contribution in [3.05, 3.63) is 0 Å². The van der Waals surface area contributed by atoms with Gasteiger partial charge < -0.3 is 14.7 Å². The second kappa shape index (κ2) is 14.0. The zero-order valence-electron chi connectivity index (χ0n) is 4.84. The predicted octanol–water partition coefficient (Wildman–Crippen LogP) is 0.360. The fraction of sp³-hybridized carbons (Fsp3) is 0. The number of phosphoric acid groups is 1. The van der Waals surface area contributed by atoms with Crippen LogP contribution in [0.4, 0.5) is 0 Å². The van der Waals surface area contributed by atoms with Gasteiger partial charge in [0.2, 0.25) is 0 Å². The molecule has 0 aliphatic rings. The van der Waals surface area contributed by atoms with Gasteiger partial charge in [-0.15, -0.1) is 0 Å². The molecule has 0 aliphatic carbocycles. The minimum absolute atomic E-state index is 0. The van der Waals surface area contributed by atoms with Crippen molar-refractivity contribution in [3.63, 3.8) is 0 Å². The van der Waals surface area contributed by atoms with E-state index in [-0.39, 0.29) is 53.9 Å². The maximum atomic E-state index is 8.88. The van der Waals surface area contributed by atoms with Gasteiger partial charge in [0.15, 0.2) is 0 Å². The molecule has 0 saturated heterocycles. The smallest absolute Gasteiger partial charge is 0 e. The Balaban J connectivity index is -0.0000000326. The quantitative estimate of drug-likeness (QED) is 0.411. The molecule has 0 amide bonds. The van der Waals surface area contributed by atoms with Gasteiger partial charge in [0.1, 0.15) is 0 Å². The molecule has 3 N–H and O–H groups in total. The van der Waals surface area contributed by atoms with E-state index in [1.807, 2.05) is 0 Å². The van der Waals surface area contributed by atoms with E-state index in [1.54, 1.807) is 0 Å². The first-order chi connectivity index (χ1) is 3.41. The molecule has 0 aromatic rings. The summed E-state index contributed by atoms with van der Waals surface area (Å²) in [6.45, 7) is 0. The molecule has 0 heterocycles. The first kappa shape index (κ1) is 22.9. The Morgan fingerprint density at radius 2 is 1.10 bits per heavy atom. The molecule has 0 atom stereocenters. The fourth-order valence-electron chi connectivity index (χ4n) is 0. The largest absolute Gasteiger partial charge is 0 e. The zero-order chi connectivity index (χ0) is 7.21. The topological polar surface area (TPSA) is 77.8 Å². The average molecular weight is 389 g/mol. The predicted molar refractivity (Wildman–Crippen MR) is 29.4 cm³/mol. The molecule has 0 rings (SSSR count). The van der Waals surface area contributed by atoms with Gasteiger partial charge in [-0.1, -0.05) is 0 Å². The molecular weight excluding hydrogens is 386 g/mol. The van der Waals surface area contributed by atoms with Gasteiger partial charge in [-0.25, -0.2) is 4.57 Å². The van der Waals surface area contributed by atoms with Crippen LogP contribution in [0.1, 0.15) is 0 Å². The normalized spacial score (nSPS) is 7.10. The maximum absolute atomic E-state index is 8.88. The van der Waals surface area contributed by atoms with Crippen LogP contribution in [0.15, 0.2) is 0 Å². The van der Waals surface area contributed by atoms with Gasteiger partial charge in [0.25, 0.3) is 0 Å². The van der Waals surface area contributed by atoms with Gasteiger partial charge in [0.05, 0.1) is 0 Å². The summed E-state index contributed by atoms with van der Waals surface area (Å²) in [6.07, 6.45) is 0. The van der Waals surface area contributed by atoms with Crippen molar-refractivity contribution in [3.8, 4) is 0 Å². The standard InChI is InChI=1S/Mo.H3O4P.2S.2Zn/c;1-5(2,3)4;;;;/h;(H3,1,2,3,4);;;;. The Morgan fingerprint density at radius 3 is 1.10 bits per heavy atom. The first-order valence-corrected chi connectivity index (χ1v) is 8.26. The minimum atomic E-state index is -4.64. The van der Waals surface area contributed by atoms with Crippen molar-refractivity contribution < 1.29 is 73.1 Å². The number of hydrogen-bond acceptors (Lipinski definition) is 3. The summed E-state index contributed by atoms with van der Waals surface area (Å²) >= 11 is -0.363. The van der Waals surface area contributed by atoms with Gasteiger partial charge in [-0.2, -0.15) is 0 Å². The maximum Gasteiger partial charge on any atom is 0 e. The average Bonchev–Trinajstić information content (AvgIpc) is 1.27. The Bertz CT molecular complexity index is 119. The SMILES string of the molecule is O=P(O)(O)O.[S]=[Mo]=[S].[Zn].[Zn]. The van der Waals surface area contributed by atoms with Gasteiger partial charge >= 0.3 is 42.4 Å². The fourth-order valence-corrected chi connectivity index (χ4v) is 0. The van der Waals surface area contributed by atoms with E-state index in [4.69, 9.17) is 19.2 Å². The van der Waals surface area contributed by atoms with Crippen LogP contribution in [0.25, 0.3) is 0 Å². The minimum Gasteiger partial charge on any atom is 0 e. The summed E-state index contributed by atoms with van der Waals surface area (Å²) in [5, 5.41) is 0. The summed E-state index contributed by atoms with van der Waals surface area (Å²) in [5.74, 6) is 0. The second-order valence-corrected chi connectivity index (χ2v) is 5.16. The van der Waals surface area contributed by atoms with E-state index >= 15 is 0 Å². The molecule has 10 heteroatoms. The van der Waals surface area contributed by atoms with Crippen LogP contribution in [-0.2, 0) is 58.4 Å². The second-order valence-electron chi connectivity index (χ2n) is 0.581. The molecule has 0 aliphatic heterocycles. The van der Waals surface area contributed by atoms with Crippen LogP contribution in [0.3, 0.4) is 0 Å². The third-order valence-corrected chi connectivity index (χ3v) is 0. The monoisotopic (exact) mass is 388 g/mol. The van der Waals surface area contributed by atoms with Crippen molar-refractivity contribution >= 4 is 27.5 Å². The van der Waals surface area contributed by atoms with Crippen LogP contribution in [0.5, 0.6) is 0 Å². The van der Waals surface area contributed by atoms with E-state index in [9.17, 15) is 0 Å². The van der Waals surface area contributed by atoms with E-state index in [1.165, 1.54) is 0 Å². The van der Waals surface area contributed by atoms with Crippen LogP contribution < -0.4 is 0 Å². The molecule has 54 valence electrons. The molecule has 0 aromatic carbocycles. The molecule has 10 heavy (non-hydrogen) atoms. The summed E-state index contributed by atoms with van der Waals surface area (Å²) in [5.41, 5.74) is 0. The van der Waals surface area contributed by atoms with Gasteiger partial charge in [0, 0.05) is 39.0 Å². The summed E-state index contributed by atoms with van der Waals surface area (Å²) in [7, 11) is 4.04. The van der Waals surface area contributed by atoms with Crippen molar-refractivity contribution in [1.82, 2.24) is 0 Å². The molecule has 0 unspecified atom stereocenters. The Morgan fingerprint density at radius 1 is 1.10 bits per heavy atom. The summed E-state index contributed by atoms with van der Waals surface area (Å²) in [6, 6.07) is 0. The Kier molecular flexibility index (Phi) is 32.1. The molecule has 4 nitrogen and oxygen atoms in total. The molecule has 0 radical (unpaired) electrons. The van der Waals surface area contributed by atoms with E-state index in [0.717, 1.165) is 0 Å². The van der Waals surface area contributed by atoms with Crippen molar-refractivity contribution in [2.75, 3.05) is 0 Å². The third-order valence-electron chi connectivity index (χ3n) is 0.